The minimum Gasteiger partial charge on any atom is -0.368 e. The van der Waals surface area contributed by atoms with E-state index in [1.165, 1.54) is 0 Å². The van der Waals surface area contributed by atoms with E-state index in [4.69, 9.17) is 0 Å². The highest BCUT2D eigenvalue weighted by Crippen LogP contribution is 2.11. The van der Waals surface area contributed by atoms with Gasteiger partial charge in [0, 0.05) is 12.2 Å². The standard InChI is InChI=1S/C16H20N4O/c1-11(2)10-17-15-8-7-14(19-20-15)16(21)18-13-6-4-5-12(3)9-13/h4-9,11H,10H2,1-3H3,(H,17,20)(H,18,21). The van der Waals surface area contributed by atoms with Crippen LogP contribution in [0.3, 0.4) is 0 Å². The molecule has 1 heterocycles. The second kappa shape index (κ2) is 6.83. The van der Waals surface area contributed by atoms with E-state index in [1.54, 1.807) is 12.1 Å². The minimum absolute atomic E-state index is 0.261. The van der Waals surface area contributed by atoms with Crippen LogP contribution in [0.2, 0.25) is 0 Å². The van der Waals surface area contributed by atoms with Crippen molar-refractivity contribution in [3.05, 3.63) is 47.7 Å². The van der Waals surface area contributed by atoms with Gasteiger partial charge in [0.05, 0.1) is 0 Å². The molecular formula is C16H20N4O. The van der Waals surface area contributed by atoms with E-state index in [1.807, 2.05) is 31.2 Å². The summed E-state index contributed by atoms with van der Waals surface area (Å²) in [5.41, 5.74) is 2.14. The van der Waals surface area contributed by atoms with Gasteiger partial charge in [0.15, 0.2) is 5.69 Å². The van der Waals surface area contributed by atoms with Crippen LogP contribution in [0, 0.1) is 12.8 Å². The number of nitrogens with zero attached hydrogens (tertiary/aromatic N) is 2. The van der Waals surface area contributed by atoms with Crippen molar-refractivity contribution in [2.75, 3.05) is 17.2 Å². The van der Waals surface area contributed by atoms with Crippen molar-refractivity contribution in [3.8, 4) is 0 Å². The average molecular weight is 284 g/mol. The van der Waals surface area contributed by atoms with Crippen molar-refractivity contribution in [2.24, 2.45) is 5.92 Å². The molecular weight excluding hydrogens is 264 g/mol. The fourth-order valence-electron chi connectivity index (χ4n) is 1.77. The summed E-state index contributed by atoms with van der Waals surface area (Å²) in [4.78, 5) is 12.1. The first-order chi connectivity index (χ1) is 10.0. The van der Waals surface area contributed by atoms with Gasteiger partial charge in [0.1, 0.15) is 5.82 Å². The van der Waals surface area contributed by atoms with Gasteiger partial charge in [-0.25, -0.2) is 0 Å². The van der Waals surface area contributed by atoms with E-state index in [0.29, 0.717) is 17.4 Å². The predicted octanol–water partition coefficient (Wildman–Crippen LogP) is 3.11. The van der Waals surface area contributed by atoms with Crippen molar-refractivity contribution < 1.29 is 4.79 Å². The summed E-state index contributed by atoms with van der Waals surface area (Å²) < 4.78 is 0. The molecule has 0 spiro atoms. The molecule has 0 aliphatic rings. The maximum Gasteiger partial charge on any atom is 0.276 e. The number of nitrogens with one attached hydrogen (secondary N) is 2. The summed E-state index contributed by atoms with van der Waals surface area (Å²) in [6.07, 6.45) is 0. The van der Waals surface area contributed by atoms with E-state index in [2.05, 4.69) is 34.7 Å². The van der Waals surface area contributed by atoms with Gasteiger partial charge in [0.2, 0.25) is 0 Å². The lowest BCUT2D eigenvalue weighted by Gasteiger charge is -2.08. The van der Waals surface area contributed by atoms with Gasteiger partial charge in [-0.3, -0.25) is 4.79 Å². The molecule has 0 radical (unpaired) electrons. The third kappa shape index (κ3) is 4.56. The molecule has 2 rings (SSSR count). The Hall–Kier alpha value is -2.43. The monoisotopic (exact) mass is 284 g/mol. The molecule has 21 heavy (non-hydrogen) atoms. The van der Waals surface area contributed by atoms with Crippen LogP contribution in [0.5, 0.6) is 0 Å². The second-order valence-electron chi connectivity index (χ2n) is 5.40. The Morgan fingerprint density at radius 2 is 2.00 bits per heavy atom. The third-order valence-electron chi connectivity index (χ3n) is 2.86. The van der Waals surface area contributed by atoms with Crippen LogP contribution in [0.25, 0.3) is 0 Å². The molecule has 5 nitrogen and oxygen atoms in total. The zero-order chi connectivity index (χ0) is 15.2. The third-order valence-corrected chi connectivity index (χ3v) is 2.86. The van der Waals surface area contributed by atoms with Crippen LogP contribution in [0.4, 0.5) is 11.5 Å². The number of anilines is 2. The topological polar surface area (TPSA) is 66.9 Å². The minimum atomic E-state index is -0.261. The van der Waals surface area contributed by atoms with Crippen LogP contribution >= 0.6 is 0 Å². The molecule has 0 bridgehead atoms. The predicted molar refractivity (Wildman–Crippen MR) is 84.5 cm³/mol. The largest absolute Gasteiger partial charge is 0.368 e. The van der Waals surface area contributed by atoms with E-state index < -0.39 is 0 Å². The second-order valence-corrected chi connectivity index (χ2v) is 5.40. The van der Waals surface area contributed by atoms with E-state index in [9.17, 15) is 4.79 Å². The summed E-state index contributed by atoms with van der Waals surface area (Å²) in [7, 11) is 0. The average Bonchev–Trinajstić information content (AvgIpc) is 2.45. The highest BCUT2D eigenvalue weighted by Gasteiger charge is 2.08. The molecule has 1 aromatic carbocycles. The maximum atomic E-state index is 12.1. The summed E-state index contributed by atoms with van der Waals surface area (Å²) >= 11 is 0. The molecule has 0 saturated heterocycles. The van der Waals surface area contributed by atoms with E-state index >= 15 is 0 Å². The maximum absolute atomic E-state index is 12.1. The zero-order valence-electron chi connectivity index (χ0n) is 12.6. The van der Waals surface area contributed by atoms with Gasteiger partial charge in [-0.05, 0) is 42.7 Å². The fourth-order valence-corrected chi connectivity index (χ4v) is 1.77. The van der Waals surface area contributed by atoms with Crippen molar-refractivity contribution in [2.45, 2.75) is 20.8 Å². The first-order valence-corrected chi connectivity index (χ1v) is 7.00. The Balaban J connectivity index is 1.99. The molecule has 110 valence electrons. The summed E-state index contributed by atoms with van der Waals surface area (Å²) in [5.74, 6) is 0.940. The highest BCUT2D eigenvalue weighted by molar-refractivity contribution is 6.02. The van der Waals surface area contributed by atoms with Gasteiger partial charge >= 0.3 is 0 Å². The smallest absolute Gasteiger partial charge is 0.276 e. The van der Waals surface area contributed by atoms with E-state index in [0.717, 1.165) is 17.8 Å². The molecule has 0 fully saturated rings. The summed E-state index contributed by atoms with van der Waals surface area (Å²) in [5, 5.41) is 13.9. The lowest BCUT2D eigenvalue weighted by atomic mass is 10.2. The molecule has 0 atom stereocenters. The van der Waals surface area contributed by atoms with E-state index in [-0.39, 0.29) is 5.91 Å². The van der Waals surface area contributed by atoms with Gasteiger partial charge in [0.25, 0.3) is 5.91 Å². The molecule has 2 N–H and O–H groups in total. The number of aromatic nitrogens is 2. The Kier molecular flexibility index (Phi) is 4.87. The van der Waals surface area contributed by atoms with Crippen LogP contribution < -0.4 is 10.6 Å². The summed E-state index contributed by atoms with van der Waals surface area (Å²) in [6.45, 7) is 7.03. The van der Waals surface area contributed by atoms with Gasteiger partial charge in [-0.15, -0.1) is 10.2 Å². The first kappa shape index (κ1) is 15.0. The number of hydrogen-bond acceptors (Lipinski definition) is 4. The van der Waals surface area contributed by atoms with Crippen molar-refractivity contribution in [1.82, 2.24) is 10.2 Å². The Bertz CT molecular complexity index is 608. The van der Waals surface area contributed by atoms with Crippen molar-refractivity contribution in [1.29, 1.82) is 0 Å². The number of carbonyl (C=O) groups is 1. The SMILES string of the molecule is Cc1cccc(NC(=O)c2ccc(NCC(C)C)nn2)c1. The molecule has 0 aliphatic heterocycles. The molecule has 2 aromatic rings. The molecule has 0 saturated carbocycles. The normalized spacial score (nSPS) is 10.5. The number of carbonyl (C=O) groups excluding carboxylic acids is 1. The van der Waals surface area contributed by atoms with Crippen LogP contribution in [0.1, 0.15) is 29.9 Å². The zero-order valence-corrected chi connectivity index (χ0v) is 12.6. The Labute approximate surface area is 124 Å². The highest BCUT2D eigenvalue weighted by atomic mass is 16.1. The van der Waals surface area contributed by atoms with Crippen LogP contribution in [-0.2, 0) is 0 Å². The first-order valence-electron chi connectivity index (χ1n) is 7.00. The molecule has 1 amide bonds. The summed E-state index contributed by atoms with van der Waals surface area (Å²) in [6, 6.07) is 11.1. The van der Waals surface area contributed by atoms with Gasteiger partial charge in [-0.1, -0.05) is 26.0 Å². The number of rotatable bonds is 5. The molecule has 0 aliphatic carbocycles. The number of hydrogen-bond donors (Lipinski definition) is 2. The fraction of sp³-hybridized carbons (Fsp3) is 0.312. The lowest BCUT2D eigenvalue weighted by molar-refractivity contribution is 0.102. The number of benzene rings is 1. The molecule has 5 heteroatoms. The lowest BCUT2D eigenvalue weighted by Crippen LogP contribution is -2.15. The van der Waals surface area contributed by atoms with Gasteiger partial charge in [-0.2, -0.15) is 0 Å². The van der Waals surface area contributed by atoms with Crippen molar-refractivity contribution >= 4 is 17.4 Å². The van der Waals surface area contributed by atoms with Gasteiger partial charge < -0.3 is 10.6 Å². The number of aryl methyl sites for hydroxylation is 1. The Morgan fingerprint density at radius 1 is 1.19 bits per heavy atom. The van der Waals surface area contributed by atoms with Crippen LogP contribution in [-0.4, -0.2) is 22.6 Å². The van der Waals surface area contributed by atoms with Crippen LogP contribution in [0.15, 0.2) is 36.4 Å². The molecule has 1 aromatic heterocycles. The number of amides is 1. The van der Waals surface area contributed by atoms with Crippen molar-refractivity contribution in [3.63, 3.8) is 0 Å². The Morgan fingerprint density at radius 3 is 2.62 bits per heavy atom. The molecule has 0 unspecified atom stereocenters. The quantitative estimate of drug-likeness (QED) is 0.885.